The largest absolute Gasteiger partial charge is 0.437 e. The van der Waals surface area contributed by atoms with Gasteiger partial charge in [-0.2, -0.15) is 4.57 Å². The summed E-state index contributed by atoms with van der Waals surface area (Å²) in [5.41, 5.74) is 2.77. The molecule has 0 aliphatic carbocycles. The SMILES string of the molecule is CCn1c(=Cc2oc3ccccc3[n+]2CC)s/c(=C2\Oc3ccccc3N2C)c1=O. The third kappa shape index (κ3) is 2.77. The van der Waals surface area contributed by atoms with Gasteiger partial charge in [-0.3, -0.25) is 9.36 Å². The maximum absolute atomic E-state index is 13.2. The Kier molecular flexibility index (Phi) is 4.47. The van der Waals surface area contributed by atoms with Gasteiger partial charge >= 0.3 is 5.89 Å². The van der Waals surface area contributed by atoms with E-state index in [1.807, 2.05) is 73.5 Å². The van der Waals surface area contributed by atoms with E-state index in [-0.39, 0.29) is 5.56 Å². The fraction of sp³-hybridized carbons (Fsp3) is 0.217. The van der Waals surface area contributed by atoms with Gasteiger partial charge in [-0.15, -0.1) is 11.3 Å². The van der Waals surface area contributed by atoms with Crippen LogP contribution in [0.15, 0.2) is 57.7 Å². The second kappa shape index (κ2) is 7.18. The van der Waals surface area contributed by atoms with Crippen molar-refractivity contribution in [3.8, 4) is 5.75 Å². The second-order valence-corrected chi connectivity index (χ2v) is 8.08. The van der Waals surface area contributed by atoms with Gasteiger partial charge in [0.25, 0.3) is 11.1 Å². The smallest absolute Gasteiger partial charge is 0.377 e. The molecule has 0 spiro atoms. The Morgan fingerprint density at radius 2 is 1.87 bits per heavy atom. The lowest BCUT2D eigenvalue weighted by Crippen LogP contribution is -2.36. The number of hydrogen-bond donors (Lipinski definition) is 0. The Labute approximate surface area is 177 Å². The third-order valence-corrected chi connectivity index (χ3v) is 6.46. The van der Waals surface area contributed by atoms with Crippen molar-refractivity contribution >= 4 is 40.1 Å². The molecule has 0 amide bonds. The molecule has 0 atom stereocenters. The highest BCUT2D eigenvalue weighted by molar-refractivity contribution is 7.07. The molecule has 0 saturated heterocycles. The van der Waals surface area contributed by atoms with Crippen LogP contribution in [0.1, 0.15) is 19.7 Å². The van der Waals surface area contributed by atoms with Crippen LogP contribution in [0.4, 0.5) is 5.69 Å². The van der Waals surface area contributed by atoms with Crippen LogP contribution in [0.2, 0.25) is 0 Å². The molecule has 4 aromatic rings. The molecule has 2 aromatic carbocycles. The predicted molar refractivity (Wildman–Crippen MR) is 118 cm³/mol. The molecule has 0 saturated carbocycles. The standard InChI is InChI=1S/C23H22N3O3S/c1-4-25-16-11-7-9-13-18(16)28-19(25)14-20-26(5-2)22(27)21(30-20)23-24(3)15-10-6-8-12-17(15)29-23/h6-14H,4-5H2,1-3H3/q+1/b23-21-. The van der Waals surface area contributed by atoms with Gasteiger partial charge in [0.15, 0.2) is 10.3 Å². The van der Waals surface area contributed by atoms with Crippen molar-refractivity contribution in [3.05, 3.63) is 74.0 Å². The molecule has 0 fully saturated rings. The van der Waals surface area contributed by atoms with Crippen molar-refractivity contribution in [2.45, 2.75) is 26.9 Å². The highest BCUT2D eigenvalue weighted by atomic mass is 32.1. The fourth-order valence-electron chi connectivity index (χ4n) is 3.86. The van der Waals surface area contributed by atoms with Crippen LogP contribution >= 0.6 is 11.3 Å². The number of ether oxygens (including phenoxy) is 1. The van der Waals surface area contributed by atoms with Crippen LogP contribution in [-0.4, -0.2) is 11.6 Å². The zero-order valence-electron chi connectivity index (χ0n) is 17.1. The van der Waals surface area contributed by atoms with E-state index < -0.39 is 0 Å². The van der Waals surface area contributed by atoms with Crippen molar-refractivity contribution in [3.63, 3.8) is 0 Å². The van der Waals surface area contributed by atoms with E-state index in [0.717, 1.165) is 39.6 Å². The Balaban J connectivity index is 1.74. The molecule has 3 heterocycles. The quantitative estimate of drug-likeness (QED) is 0.478. The van der Waals surface area contributed by atoms with E-state index in [4.69, 9.17) is 9.15 Å². The van der Waals surface area contributed by atoms with E-state index in [1.54, 1.807) is 4.57 Å². The van der Waals surface area contributed by atoms with Gasteiger partial charge in [0.2, 0.25) is 11.5 Å². The Morgan fingerprint density at radius 1 is 1.10 bits per heavy atom. The zero-order valence-corrected chi connectivity index (χ0v) is 17.9. The molecule has 6 nitrogen and oxygen atoms in total. The van der Waals surface area contributed by atoms with Crippen molar-refractivity contribution in [2.75, 3.05) is 11.9 Å². The molecular weight excluding hydrogens is 398 g/mol. The molecule has 30 heavy (non-hydrogen) atoms. The highest BCUT2D eigenvalue weighted by Gasteiger charge is 2.26. The summed E-state index contributed by atoms with van der Waals surface area (Å²) in [5.74, 6) is 2.06. The van der Waals surface area contributed by atoms with Crippen LogP contribution in [0.5, 0.6) is 5.75 Å². The minimum atomic E-state index is -0.0532. The highest BCUT2D eigenvalue weighted by Crippen LogP contribution is 2.37. The van der Waals surface area contributed by atoms with Crippen molar-refractivity contribution < 1.29 is 13.7 Å². The predicted octanol–water partition coefficient (Wildman–Crippen LogP) is 2.41. The van der Waals surface area contributed by atoms with Gasteiger partial charge in [0.1, 0.15) is 11.2 Å². The van der Waals surface area contributed by atoms with E-state index >= 15 is 0 Å². The minimum absolute atomic E-state index is 0.0532. The number of hydrogen-bond acceptors (Lipinski definition) is 5. The van der Waals surface area contributed by atoms with Gasteiger partial charge in [-0.1, -0.05) is 24.3 Å². The number of fused-ring (bicyclic) bond motifs is 2. The maximum atomic E-state index is 13.2. The fourth-order valence-corrected chi connectivity index (χ4v) is 5.02. The lowest BCUT2D eigenvalue weighted by molar-refractivity contribution is -0.674. The first-order valence-corrected chi connectivity index (χ1v) is 10.8. The molecule has 7 heteroatoms. The lowest BCUT2D eigenvalue weighted by atomic mass is 10.3. The summed E-state index contributed by atoms with van der Waals surface area (Å²) in [6, 6.07) is 15.8. The van der Waals surface area contributed by atoms with Crippen LogP contribution < -0.4 is 29.0 Å². The molecule has 1 aliphatic heterocycles. The van der Waals surface area contributed by atoms with Gasteiger partial charge in [-0.25, -0.2) is 0 Å². The molecule has 0 bridgehead atoms. The number of aryl methyl sites for hydroxylation is 1. The van der Waals surface area contributed by atoms with Crippen LogP contribution in [0.3, 0.4) is 0 Å². The monoisotopic (exact) mass is 420 g/mol. The molecule has 2 aromatic heterocycles. The van der Waals surface area contributed by atoms with Gasteiger partial charge in [0.05, 0.1) is 11.8 Å². The molecule has 5 rings (SSSR count). The van der Waals surface area contributed by atoms with Gasteiger partial charge in [-0.05, 0) is 32.0 Å². The Morgan fingerprint density at radius 3 is 2.63 bits per heavy atom. The van der Waals surface area contributed by atoms with Crippen LogP contribution in [0, 0.1) is 0 Å². The first kappa shape index (κ1) is 18.7. The molecular formula is C23H22N3O3S+. The van der Waals surface area contributed by atoms with E-state index in [1.165, 1.54) is 11.3 Å². The molecule has 0 N–H and O–H groups in total. The Bertz CT molecular complexity index is 1440. The van der Waals surface area contributed by atoms with E-state index in [0.29, 0.717) is 17.0 Å². The van der Waals surface area contributed by atoms with Crippen LogP contribution in [0.25, 0.3) is 23.1 Å². The van der Waals surface area contributed by atoms with Crippen molar-refractivity contribution in [1.29, 1.82) is 0 Å². The van der Waals surface area contributed by atoms with Crippen molar-refractivity contribution in [2.24, 2.45) is 0 Å². The number of anilines is 1. The van der Waals surface area contributed by atoms with E-state index in [2.05, 4.69) is 11.5 Å². The topological polar surface area (TPSA) is 51.5 Å². The Hall–Kier alpha value is -3.32. The van der Waals surface area contributed by atoms with Gasteiger partial charge < -0.3 is 14.1 Å². The number of rotatable bonds is 3. The summed E-state index contributed by atoms with van der Waals surface area (Å²) >= 11 is 1.42. The average Bonchev–Trinajstić information content (AvgIpc) is 3.39. The summed E-state index contributed by atoms with van der Waals surface area (Å²) in [7, 11) is 1.92. The average molecular weight is 421 g/mol. The molecule has 0 unspecified atom stereocenters. The molecule has 152 valence electrons. The number of para-hydroxylation sites is 4. The molecule has 1 aliphatic rings. The summed E-state index contributed by atoms with van der Waals surface area (Å²) in [5, 5.41) is 0. The van der Waals surface area contributed by atoms with Crippen LogP contribution in [-0.2, 0) is 13.1 Å². The number of nitrogens with zero attached hydrogens (tertiary/aromatic N) is 3. The van der Waals surface area contributed by atoms with Crippen molar-refractivity contribution in [1.82, 2.24) is 4.57 Å². The summed E-state index contributed by atoms with van der Waals surface area (Å²) in [6.45, 7) is 5.40. The number of benzene rings is 2. The number of thiazole rings is 1. The first-order valence-electron chi connectivity index (χ1n) is 10.00. The first-order chi connectivity index (χ1) is 14.6. The summed E-state index contributed by atoms with van der Waals surface area (Å²) in [4.78, 5) is 15.1. The van der Waals surface area contributed by atoms with Gasteiger partial charge in [0, 0.05) is 19.7 Å². The summed E-state index contributed by atoms with van der Waals surface area (Å²) in [6.07, 6.45) is 1.95. The normalized spacial score (nSPS) is 15.7. The minimum Gasteiger partial charge on any atom is -0.437 e. The maximum Gasteiger partial charge on any atom is 0.377 e. The third-order valence-electron chi connectivity index (χ3n) is 5.36. The number of oxazole rings is 1. The lowest BCUT2D eigenvalue weighted by Gasteiger charge is -2.09. The van der Waals surface area contributed by atoms with E-state index in [9.17, 15) is 4.79 Å². The second-order valence-electron chi connectivity index (χ2n) is 7.05. The molecule has 0 radical (unpaired) electrons. The summed E-state index contributed by atoms with van der Waals surface area (Å²) < 4.78 is 17.4. The number of aromatic nitrogens is 2. The zero-order chi connectivity index (χ0) is 20.8.